The Hall–Kier alpha value is -4.05. The van der Waals surface area contributed by atoms with Gasteiger partial charge in [0.1, 0.15) is 0 Å². The number of carbonyl (C=O) groups is 2. The number of aromatic nitrogens is 1. The van der Waals surface area contributed by atoms with Crippen LogP contribution < -0.4 is 9.88 Å². The van der Waals surface area contributed by atoms with Crippen molar-refractivity contribution in [2.75, 3.05) is 0 Å². The van der Waals surface area contributed by atoms with E-state index in [1.807, 2.05) is 126 Å². The second-order valence-corrected chi connectivity index (χ2v) is 7.98. The lowest BCUT2D eigenvalue weighted by atomic mass is 9.84. The van der Waals surface area contributed by atoms with E-state index in [1.165, 1.54) is 0 Å². The van der Waals surface area contributed by atoms with Crippen LogP contribution in [-0.2, 0) is 11.3 Å². The van der Waals surface area contributed by atoms with E-state index in [2.05, 4.69) is 5.32 Å². The number of Topliss-reactive ketones (excluding diaryl/α,β-unsaturated/α-hetero) is 1. The van der Waals surface area contributed by atoms with E-state index in [9.17, 15) is 9.59 Å². The lowest BCUT2D eigenvalue weighted by Gasteiger charge is -2.23. The Bertz CT molecular complexity index is 1160. The molecule has 33 heavy (non-hydrogen) atoms. The summed E-state index contributed by atoms with van der Waals surface area (Å²) in [5.74, 6) is -0.436. The van der Waals surface area contributed by atoms with Crippen molar-refractivity contribution in [3.05, 3.63) is 138 Å². The van der Waals surface area contributed by atoms with Crippen LogP contribution in [0.1, 0.15) is 39.9 Å². The molecule has 3 aromatic carbocycles. The number of rotatable bonds is 9. The van der Waals surface area contributed by atoms with E-state index in [0.29, 0.717) is 12.1 Å². The molecule has 0 aliphatic rings. The maximum Gasteiger partial charge on any atom is 0.290 e. The number of pyridine rings is 1. The molecule has 0 radical (unpaired) electrons. The fourth-order valence-corrected chi connectivity index (χ4v) is 4.07. The Kier molecular flexibility index (Phi) is 7.39. The van der Waals surface area contributed by atoms with E-state index in [-0.39, 0.29) is 24.0 Å². The van der Waals surface area contributed by atoms with Gasteiger partial charge in [0.05, 0.1) is 5.92 Å². The predicted octanol–water partition coefficient (Wildman–Crippen LogP) is 4.89. The maximum atomic E-state index is 13.6. The summed E-state index contributed by atoms with van der Waals surface area (Å²) in [6.07, 6.45) is 3.99. The summed E-state index contributed by atoms with van der Waals surface area (Å²) < 4.78 is 1.90. The fourth-order valence-electron chi connectivity index (χ4n) is 4.07. The van der Waals surface area contributed by atoms with Crippen molar-refractivity contribution >= 4 is 11.7 Å². The summed E-state index contributed by atoms with van der Waals surface area (Å²) in [5.41, 5.74) is 2.64. The second kappa shape index (κ2) is 11.0. The first-order valence-corrected chi connectivity index (χ1v) is 11.1. The van der Waals surface area contributed by atoms with Crippen molar-refractivity contribution in [3.63, 3.8) is 0 Å². The first kappa shape index (κ1) is 22.2. The minimum Gasteiger partial charge on any atom is -0.346 e. The van der Waals surface area contributed by atoms with Crippen molar-refractivity contribution in [1.82, 2.24) is 5.32 Å². The lowest BCUT2D eigenvalue weighted by molar-refractivity contribution is -0.712. The third kappa shape index (κ3) is 5.80. The van der Waals surface area contributed by atoms with E-state index in [4.69, 9.17) is 0 Å². The molecule has 4 nitrogen and oxygen atoms in total. The Morgan fingerprint density at radius 1 is 0.697 bits per heavy atom. The minimum absolute atomic E-state index is 0.0156. The summed E-state index contributed by atoms with van der Waals surface area (Å²) in [6, 6.07) is 34.1. The van der Waals surface area contributed by atoms with Gasteiger partial charge in [0.15, 0.2) is 18.2 Å². The van der Waals surface area contributed by atoms with Crippen LogP contribution in [0.4, 0.5) is 0 Å². The summed E-state index contributed by atoms with van der Waals surface area (Å²) in [4.78, 5) is 26.8. The SMILES string of the molecule is O=C(CC(c1ccccc1)C(C(=O)NCc1ccccc1)[n+]1ccccc1)c1ccccc1. The van der Waals surface area contributed by atoms with Crippen molar-refractivity contribution < 1.29 is 14.2 Å². The first-order valence-electron chi connectivity index (χ1n) is 11.1. The quantitative estimate of drug-likeness (QED) is 0.301. The van der Waals surface area contributed by atoms with Gasteiger partial charge in [-0.1, -0.05) is 97.1 Å². The topological polar surface area (TPSA) is 50.1 Å². The zero-order chi connectivity index (χ0) is 22.9. The Morgan fingerprint density at radius 2 is 1.24 bits per heavy atom. The van der Waals surface area contributed by atoms with Gasteiger partial charge in [0.25, 0.3) is 5.91 Å². The third-order valence-electron chi connectivity index (χ3n) is 5.75. The van der Waals surface area contributed by atoms with Gasteiger partial charge in [-0.25, -0.2) is 0 Å². The second-order valence-electron chi connectivity index (χ2n) is 7.98. The molecule has 4 aromatic rings. The Balaban J connectivity index is 1.68. The molecule has 0 aliphatic carbocycles. The molecule has 0 aliphatic heterocycles. The standard InChI is InChI=1S/C29H26N2O2/c32-27(25-17-9-3-10-18-25)21-26(24-15-7-2-8-16-24)28(31-19-11-4-12-20-31)29(33)30-22-23-13-5-1-6-14-23/h1-20,26,28H,21-22H2/p+1. The highest BCUT2D eigenvalue weighted by atomic mass is 16.2. The number of ketones is 1. The van der Waals surface area contributed by atoms with Crippen LogP contribution in [0, 0.1) is 0 Å². The van der Waals surface area contributed by atoms with Crippen LogP contribution in [0.25, 0.3) is 0 Å². The monoisotopic (exact) mass is 435 g/mol. The molecular formula is C29H27N2O2+. The molecule has 1 amide bonds. The molecule has 164 valence electrons. The van der Waals surface area contributed by atoms with Crippen molar-refractivity contribution in [3.8, 4) is 0 Å². The van der Waals surface area contributed by atoms with Crippen molar-refractivity contribution in [2.45, 2.75) is 24.9 Å². The van der Waals surface area contributed by atoms with Gasteiger partial charge in [0, 0.05) is 30.7 Å². The number of hydrogen-bond donors (Lipinski definition) is 1. The Morgan fingerprint density at radius 3 is 1.88 bits per heavy atom. The Labute approximate surface area is 194 Å². The molecule has 2 unspecified atom stereocenters. The molecule has 1 aromatic heterocycles. The van der Waals surface area contributed by atoms with Crippen molar-refractivity contribution in [1.29, 1.82) is 0 Å². The maximum absolute atomic E-state index is 13.6. The van der Waals surface area contributed by atoms with E-state index in [0.717, 1.165) is 11.1 Å². The number of hydrogen-bond acceptors (Lipinski definition) is 2. The minimum atomic E-state index is -0.579. The number of nitrogens with zero attached hydrogens (tertiary/aromatic N) is 1. The fraction of sp³-hybridized carbons (Fsp3) is 0.138. The van der Waals surface area contributed by atoms with E-state index >= 15 is 0 Å². The van der Waals surface area contributed by atoms with Gasteiger partial charge < -0.3 is 5.32 Å². The van der Waals surface area contributed by atoms with Crippen LogP contribution in [0.5, 0.6) is 0 Å². The zero-order valence-electron chi connectivity index (χ0n) is 18.4. The van der Waals surface area contributed by atoms with Crippen molar-refractivity contribution in [2.24, 2.45) is 0 Å². The molecular weight excluding hydrogens is 408 g/mol. The van der Waals surface area contributed by atoms with Gasteiger partial charge in [0.2, 0.25) is 6.04 Å². The zero-order valence-corrected chi connectivity index (χ0v) is 18.4. The largest absolute Gasteiger partial charge is 0.346 e. The summed E-state index contributed by atoms with van der Waals surface area (Å²) in [5, 5.41) is 3.09. The molecule has 2 atom stereocenters. The predicted molar refractivity (Wildman–Crippen MR) is 129 cm³/mol. The highest BCUT2D eigenvalue weighted by molar-refractivity contribution is 5.97. The van der Waals surface area contributed by atoms with E-state index < -0.39 is 6.04 Å². The first-order chi connectivity index (χ1) is 16.2. The van der Waals surface area contributed by atoms with Crippen LogP contribution in [0.2, 0.25) is 0 Å². The molecule has 0 saturated carbocycles. The van der Waals surface area contributed by atoms with Gasteiger partial charge in [-0.2, -0.15) is 4.57 Å². The summed E-state index contributed by atoms with van der Waals surface area (Å²) in [6.45, 7) is 0.428. The number of amides is 1. The highest BCUT2D eigenvalue weighted by Crippen LogP contribution is 2.30. The normalized spacial score (nSPS) is 12.5. The number of carbonyl (C=O) groups excluding carboxylic acids is 2. The third-order valence-corrected chi connectivity index (χ3v) is 5.75. The van der Waals surface area contributed by atoms with Gasteiger partial charge in [-0.3, -0.25) is 9.59 Å². The van der Waals surface area contributed by atoms with Crippen LogP contribution in [0.15, 0.2) is 122 Å². The summed E-state index contributed by atoms with van der Waals surface area (Å²) >= 11 is 0. The molecule has 4 rings (SSSR count). The molecule has 0 bridgehead atoms. The van der Waals surface area contributed by atoms with Crippen LogP contribution >= 0.6 is 0 Å². The van der Waals surface area contributed by atoms with Gasteiger partial charge >= 0.3 is 0 Å². The summed E-state index contributed by atoms with van der Waals surface area (Å²) in [7, 11) is 0. The van der Waals surface area contributed by atoms with E-state index in [1.54, 1.807) is 0 Å². The highest BCUT2D eigenvalue weighted by Gasteiger charge is 2.38. The molecule has 1 heterocycles. The van der Waals surface area contributed by atoms with Crippen LogP contribution in [0.3, 0.4) is 0 Å². The molecule has 0 fully saturated rings. The number of nitrogens with one attached hydrogen (secondary N) is 1. The number of benzene rings is 3. The lowest BCUT2D eigenvalue weighted by Crippen LogP contribution is -2.51. The van der Waals surface area contributed by atoms with Crippen LogP contribution in [-0.4, -0.2) is 11.7 Å². The van der Waals surface area contributed by atoms with Gasteiger partial charge in [-0.15, -0.1) is 0 Å². The van der Waals surface area contributed by atoms with Gasteiger partial charge in [-0.05, 0) is 11.1 Å². The molecule has 0 spiro atoms. The smallest absolute Gasteiger partial charge is 0.290 e. The molecule has 4 heteroatoms. The molecule has 1 N–H and O–H groups in total. The average molecular weight is 436 g/mol. The molecule has 0 saturated heterocycles. The average Bonchev–Trinajstić information content (AvgIpc) is 2.89.